The summed E-state index contributed by atoms with van der Waals surface area (Å²) in [5.41, 5.74) is 7.91. The van der Waals surface area contributed by atoms with Gasteiger partial charge in [-0.25, -0.2) is 0 Å². The first kappa shape index (κ1) is 11.8. The van der Waals surface area contributed by atoms with Gasteiger partial charge in [0.05, 0.1) is 0 Å². The number of aryl methyl sites for hydroxylation is 3. The number of benzene rings is 1. The number of hydrogen-bond donors (Lipinski definition) is 0. The monoisotopic (exact) mass is 226 g/mol. The first-order chi connectivity index (χ1) is 8.00. The molecule has 1 heterocycles. The highest BCUT2D eigenvalue weighted by molar-refractivity contribution is 5.61. The van der Waals surface area contributed by atoms with Gasteiger partial charge in [-0.1, -0.05) is 17.7 Å². The molecule has 1 nitrogen and oxygen atoms in total. The Hall–Kier alpha value is -1.63. The Morgan fingerprint density at radius 1 is 0.824 bits per heavy atom. The summed E-state index contributed by atoms with van der Waals surface area (Å²) in [6.07, 6.45) is 0. The quantitative estimate of drug-likeness (QED) is 0.656. The SMILES string of the molecule is Cc1ccc(-c2ccc(C)c(C)[n+]2C)c(C)c1. The van der Waals surface area contributed by atoms with E-state index in [9.17, 15) is 0 Å². The van der Waals surface area contributed by atoms with Crippen LogP contribution in [0.25, 0.3) is 11.3 Å². The molecule has 0 atom stereocenters. The van der Waals surface area contributed by atoms with Crippen LogP contribution < -0.4 is 4.57 Å². The number of hydrogen-bond acceptors (Lipinski definition) is 0. The summed E-state index contributed by atoms with van der Waals surface area (Å²) in [6.45, 7) is 8.64. The fourth-order valence-electron chi connectivity index (χ4n) is 2.25. The lowest BCUT2D eigenvalue weighted by molar-refractivity contribution is -0.667. The van der Waals surface area contributed by atoms with Crippen molar-refractivity contribution >= 4 is 0 Å². The Bertz CT molecular complexity index is 568. The fourth-order valence-corrected chi connectivity index (χ4v) is 2.25. The number of nitrogens with zero attached hydrogens (tertiary/aromatic N) is 1. The molecular formula is C16H20N+. The second kappa shape index (κ2) is 4.33. The third kappa shape index (κ3) is 2.10. The molecule has 2 rings (SSSR count). The number of rotatable bonds is 1. The highest BCUT2D eigenvalue weighted by Gasteiger charge is 2.15. The third-order valence-corrected chi connectivity index (χ3v) is 3.58. The standard InChI is InChI=1S/C16H20N/c1-11-6-8-15(13(3)10-11)16-9-7-12(2)14(4)17(16)5/h6-10H,1-5H3/q+1. The van der Waals surface area contributed by atoms with Gasteiger partial charge in [-0.15, -0.1) is 0 Å². The molecule has 0 unspecified atom stereocenters. The highest BCUT2D eigenvalue weighted by Crippen LogP contribution is 2.22. The lowest BCUT2D eigenvalue weighted by Gasteiger charge is -2.08. The van der Waals surface area contributed by atoms with Crippen molar-refractivity contribution in [1.29, 1.82) is 0 Å². The summed E-state index contributed by atoms with van der Waals surface area (Å²) in [4.78, 5) is 0. The van der Waals surface area contributed by atoms with Gasteiger partial charge in [-0.2, -0.15) is 4.57 Å². The van der Waals surface area contributed by atoms with E-state index in [1.54, 1.807) is 0 Å². The van der Waals surface area contributed by atoms with E-state index in [-0.39, 0.29) is 0 Å². The predicted molar refractivity (Wildman–Crippen MR) is 72.0 cm³/mol. The average Bonchev–Trinajstić information content (AvgIpc) is 2.28. The summed E-state index contributed by atoms with van der Waals surface area (Å²) in [7, 11) is 2.14. The fraction of sp³-hybridized carbons (Fsp3) is 0.312. The molecule has 0 aliphatic heterocycles. The summed E-state index contributed by atoms with van der Waals surface area (Å²) < 4.78 is 2.27. The average molecular weight is 226 g/mol. The lowest BCUT2D eigenvalue weighted by Crippen LogP contribution is -2.35. The second-order valence-corrected chi connectivity index (χ2v) is 4.86. The van der Waals surface area contributed by atoms with Crippen molar-refractivity contribution in [3.05, 3.63) is 52.7 Å². The van der Waals surface area contributed by atoms with Gasteiger partial charge >= 0.3 is 0 Å². The first-order valence-electron chi connectivity index (χ1n) is 6.04. The van der Waals surface area contributed by atoms with E-state index in [1.165, 1.54) is 33.6 Å². The Morgan fingerprint density at radius 3 is 2.18 bits per heavy atom. The van der Waals surface area contributed by atoms with Gasteiger partial charge in [0.15, 0.2) is 5.69 Å². The topological polar surface area (TPSA) is 3.88 Å². The molecule has 1 aromatic heterocycles. The van der Waals surface area contributed by atoms with Gasteiger partial charge in [0, 0.05) is 24.1 Å². The molecule has 0 amide bonds. The lowest BCUT2D eigenvalue weighted by atomic mass is 10.0. The van der Waals surface area contributed by atoms with Gasteiger partial charge in [0.1, 0.15) is 7.05 Å². The molecule has 88 valence electrons. The van der Waals surface area contributed by atoms with Crippen LogP contribution in [-0.4, -0.2) is 0 Å². The Balaban J connectivity index is 2.65. The van der Waals surface area contributed by atoms with Crippen LogP contribution >= 0.6 is 0 Å². The van der Waals surface area contributed by atoms with Crippen molar-refractivity contribution in [1.82, 2.24) is 0 Å². The summed E-state index contributed by atoms with van der Waals surface area (Å²) >= 11 is 0. The summed E-state index contributed by atoms with van der Waals surface area (Å²) in [6, 6.07) is 11.0. The van der Waals surface area contributed by atoms with Crippen molar-refractivity contribution < 1.29 is 4.57 Å². The zero-order chi connectivity index (χ0) is 12.6. The van der Waals surface area contributed by atoms with Crippen molar-refractivity contribution in [3.63, 3.8) is 0 Å². The molecule has 0 aliphatic rings. The summed E-state index contributed by atoms with van der Waals surface area (Å²) in [5, 5.41) is 0. The van der Waals surface area contributed by atoms with Crippen LogP contribution in [0, 0.1) is 27.7 Å². The van der Waals surface area contributed by atoms with Crippen LogP contribution in [0.15, 0.2) is 30.3 Å². The van der Waals surface area contributed by atoms with Crippen molar-refractivity contribution in [2.75, 3.05) is 0 Å². The number of pyridine rings is 1. The Labute approximate surface area is 104 Å². The van der Waals surface area contributed by atoms with Crippen molar-refractivity contribution in [2.45, 2.75) is 27.7 Å². The van der Waals surface area contributed by atoms with E-state index < -0.39 is 0 Å². The second-order valence-electron chi connectivity index (χ2n) is 4.86. The van der Waals surface area contributed by atoms with Crippen molar-refractivity contribution in [2.24, 2.45) is 7.05 Å². The minimum absolute atomic E-state index is 1.28. The predicted octanol–water partition coefficient (Wildman–Crippen LogP) is 3.41. The molecule has 0 saturated heterocycles. The van der Waals surface area contributed by atoms with Crippen LogP contribution in [-0.2, 0) is 7.05 Å². The van der Waals surface area contributed by atoms with Gasteiger partial charge in [-0.3, -0.25) is 0 Å². The van der Waals surface area contributed by atoms with Crippen LogP contribution in [0.5, 0.6) is 0 Å². The zero-order valence-electron chi connectivity index (χ0n) is 11.3. The first-order valence-corrected chi connectivity index (χ1v) is 6.04. The maximum absolute atomic E-state index is 2.27. The normalized spacial score (nSPS) is 10.6. The van der Waals surface area contributed by atoms with Gasteiger partial charge in [0.25, 0.3) is 0 Å². The van der Waals surface area contributed by atoms with Crippen LogP contribution in [0.1, 0.15) is 22.4 Å². The van der Waals surface area contributed by atoms with Crippen LogP contribution in [0.4, 0.5) is 0 Å². The Kier molecular flexibility index (Phi) is 3.01. The molecule has 0 fully saturated rings. The van der Waals surface area contributed by atoms with Gasteiger partial charge < -0.3 is 0 Å². The minimum Gasteiger partial charge on any atom is -0.198 e. The van der Waals surface area contributed by atoms with E-state index in [0.29, 0.717) is 0 Å². The maximum Gasteiger partial charge on any atom is 0.212 e. The molecular weight excluding hydrogens is 206 g/mol. The molecule has 17 heavy (non-hydrogen) atoms. The van der Waals surface area contributed by atoms with E-state index >= 15 is 0 Å². The van der Waals surface area contributed by atoms with Crippen LogP contribution in [0.2, 0.25) is 0 Å². The molecule has 0 aliphatic carbocycles. The van der Waals surface area contributed by atoms with E-state index in [4.69, 9.17) is 0 Å². The Morgan fingerprint density at radius 2 is 1.53 bits per heavy atom. The van der Waals surface area contributed by atoms with Gasteiger partial charge in [-0.05, 0) is 38.5 Å². The molecule has 2 aromatic rings. The number of aromatic nitrogens is 1. The maximum atomic E-state index is 2.27. The smallest absolute Gasteiger partial charge is 0.198 e. The minimum atomic E-state index is 1.28. The molecule has 1 heteroatoms. The third-order valence-electron chi connectivity index (χ3n) is 3.58. The molecule has 0 N–H and O–H groups in total. The molecule has 0 saturated carbocycles. The van der Waals surface area contributed by atoms with E-state index in [1.807, 2.05) is 0 Å². The molecule has 0 bridgehead atoms. The largest absolute Gasteiger partial charge is 0.212 e. The van der Waals surface area contributed by atoms with Crippen molar-refractivity contribution in [3.8, 4) is 11.3 Å². The summed E-state index contributed by atoms with van der Waals surface area (Å²) in [5.74, 6) is 0. The zero-order valence-corrected chi connectivity index (χ0v) is 11.3. The van der Waals surface area contributed by atoms with E-state index in [0.717, 1.165) is 0 Å². The molecule has 1 aromatic carbocycles. The molecule has 0 radical (unpaired) electrons. The molecule has 0 spiro atoms. The van der Waals surface area contributed by atoms with Crippen LogP contribution in [0.3, 0.4) is 0 Å². The van der Waals surface area contributed by atoms with E-state index in [2.05, 4.69) is 69.6 Å². The van der Waals surface area contributed by atoms with Gasteiger partial charge in [0.2, 0.25) is 5.69 Å². The highest BCUT2D eigenvalue weighted by atomic mass is 14.9.